The van der Waals surface area contributed by atoms with Gasteiger partial charge in [-0.15, -0.1) is 0 Å². The molecule has 1 aromatic carbocycles. The summed E-state index contributed by atoms with van der Waals surface area (Å²) in [5, 5.41) is 4.36. The molecule has 100 valence electrons. The quantitative estimate of drug-likeness (QED) is 0.833. The zero-order chi connectivity index (χ0) is 13.1. The summed E-state index contributed by atoms with van der Waals surface area (Å²) < 4.78 is 0. The second kappa shape index (κ2) is 6.08. The van der Waals surface area contributed by atoms with Crippen molar-refractivity contribution in [3.8, 4) is 0 Å². The van der Waals surface area contributed by atoms with Crippen molar-refractivity contribution in [1.29, 1.82) is 0 Å². The minimum Gasteiger partial charge on any atom is -0.313 e. The first-order valence-corrected chi connectivity index (χ1v) is 7.42. The minimum absolute atomic E-state index is 0.449. The molecule has 2 heteroatoms. The molecule has 1 aliphatic rings. The van der Waals surface area contributed by atoms with Crippen molar-refractivity contribution < 1.29 is 0 Å². The van der Waals surface area contributed by atoms with Crippen LogP contribution in [0.25, 0.3) is 0 Å². The maximum absolute atomic E-state index is 6.19. The Morgan fingerprint density at radius 1 is 1.28 bits per heavy atom. The van der Waals surface area contributed by atoms with Crippen LogP contribution in [-0.2, 0) is 0 Å². The van der Waals surface area contributed by atoms with Crippen LogP contribution in [-0.4, -0.2) is 7.05 Å². The van der Waals surface area contributed by atoms with Gasteiger partial charge in [-0.25, -0.2) is 0 Å². The standard InChI is InChI=1S/C16H24ClN/c1-11-5-4-6-13(7-11)16(18-3)14-8-12(2)9-15(17)10-14/h8-11,13,16,18H,4-7H2,1-3H3. The van der Waals surface area contributed by atoms with Crippen LogP contribution >= 0.6 is 11.6 Å². The van der Waals surface area contributed by atoms with E-state index < -0.39 is 0 Å². The largest absolute Gasteiger partial charge is 0.313 e. The first-order chi connectivity index (χ1) is 8.60. The Balaban J connectivity index is 2.21. The van der Waals surface area contributed by atoms with Crippen LogP contribution in [0, 0.1) is 18.8 Å². The van der Waals surface area contributed by atoms with Gasteiger partial charge in [0.2, 0.25) is 0 Å². The number of aryl methyl sites for hydroxylation is 1. The Kier molecular flexibility index (Phi) is 4.69. The van der Waals surface area contributed by atoms with E-state index in [4.69, 9.17) is 11.6 Å². The van der Waals surface area contributed by atoms with Crippen LogP contribution in [0.1, 0.15) is 49.8 Å². The van der Waals surface area contributed by atoms with E-state index >= 15 is 0 Å². The second-order valence-electron chi connectivity index (χ2n) is 5.86. The van der Waals surface area contributed by atoms with Crippen molar-refractivity contribution in [3.63, 3.8) is 0 Å². The number of nitrogens with one attached hydrogen (secondary N) is 1. The Morgan fingerprint density at radius 3 is 2.67 bits per heavy atom. The minimum atomic E-state index is 0.449. The molecule has 0 radical (unpaired) electrons. The van der Waals surface area contributed by atoms with Crippen LogP contribution in [0.3, 0.4) is 0 Å². The summed E-state index contributed by atoms with van der Waals surface area (Å²) in [7, 11) is 2.07. The van der Waals surface area contributed by atoms with Crippen LogP contribution in [0.2, 0.25) is 5.02 Å². The van der Waals surface area contributed by atoms with E-state index in [1.54, 1.807) is 0 Å². The Morgan fingerprint density at radius 2 is 2.06 bits per heavy atom. The lowest BCUT2D eigenvalue weighted by Crippen LogP contribution is -2.29. The number of hydrogen-bond donors (Lipinski definition) is 1. The zero-order valence-electron chi connectivity index (χ0n) is 11.7. The van der Waals surface area contributed by atoms with Gasteiger partial charge in [-0.1, -0.05) is 37.4 Å². The van der Waals surface area contributed by atoms with Crippen molar-refractivity contribution in [2.75, 3.05) is 7.05 Å². The average molecular weight is 266 g/mol. The van der Waals surface area contributed by atoms with Crippen molar-refractivity contribution in [1.82, 2.24) is 5.32 Å². The Hall–Kier alpha value is -0.530. The average Bonchev–Trinajstić information content (AvgIpc) is 2.28. The molecule has 0 heterocycles. The molecule has 3 atom stereocenters. The smallest absolute Gasteiger partial charge is 0.0411 e. The summed E-state index contributed by atoms with van der Waals surface area (Å²) in [4.78, 5) is 0. The fourth-order valence-corrected chi connectivity index (χ4v) is 3.70. The van der Waals surface area contributed by atoms with Gasteiger partial charge in [-0.05, 0) is 61.9 Å². The molecule has 1 N–H and O–H groups in total. The fourth-order valence-electron chi connectivity index (χ4n) is 3.40. The summed E-state index contributed by atoms with van der Waals surface area (Å²) in [6.45, 7) is 4.49. The van der Waals surface area contributed by atoms with Gasteiger partial charge in [0.1, 0.15) is 0 Å². The lowest BCUT2D eigenvalue weighted by atomic mass is 9.76. The normalized spacial score (nSPS) is 26.0. The number of halogens is 1. The molecular formula is C16H24ClN. The van der Waals surface area contributed by atoms with Gasteiger partial charge in [-0.2, -0.15) is 0 Å². The third-order valence-corrected chi connectivity index (χ3v) is 4.40. The van der Waals surface area contributed by atoms with Gasteiger partial charge in [-0.3, -0.25) is 0 Å². The fraction of sp³-hybridized carbons (Fsp3) is 0.625. The van der Waals surface area contributed by atoms with Crippen molar-refractivity contribution >= 4 is 11.6 Å². The van der Waals surface area contributed by atoms with Crippen LogP contribution < -0.4 is 5.32 Å². The molecule has 18 heavy (non-hydrogen) atoms. The van der Waals surface area contributed by atoms with E-state index in [0.29, 0.717) is 6.04 Å². The monoisotopic (exact) mass is 265 g/mol. The molecule has 0 aromatic heterocycles. The highest BCUT2D eigenvalue weighted by atomic mass is 35.5. The van der Waals surface area contributed by atoms with Crippen LogP contribution in [0.4, 0.5) is 0 Å². The van der Waals surface area contributed by atoms with E-state index in [-0.39, 0.29) is 0 Å². The molecule has 1 aliphatic carbocycles. The van der Waals surface area contributed by atoms with Crippen molar-refractivity contribution in [2.24, 2.45) is 11.8 Å². The second-order valence-corrected chi connectivity index (χ2v) is 6.30. The van der Waals surface area contributed by atoms with E-state index in [0.717, 1.165) is 16.9 Å². The van der Waals surface area contributed by atoms with E-state index in [9.17, 15) is 0 Å². The van der Waals surface area contributed by atoms with Gasteiger partial charge < -0.3 is 5.32 Å². The maximum Gasteiger partial charge on any atom is 0.0411 e. The molecular weight excluding hydrogens is 242 g/mol. The van der Waals surface area contributed by atoms with Crippen LogP contribution in [0.5, 0.6) is 0 Å². The predicted molar refractivity (Wildman–Crippen MR) is 79.1 cm³/mol. The number of rotatable bonds is 3. The first kappa shape index (κ1) is 13.9. The van der Waals surface area contributed by atoms with E-state index in [2.05, 4.69) is 38.3 Å². The van der Waals surface area contributed by atoms with Crippen LogP contribution in [0.15, 0.2) is 18.2 Å². The molecule has 0 amide bonds. The summed E-state index contributed by atoms with van der Waals surface area (Å²) in [6, 6.07) is 6.87. The van der Waals surface area contributed by atoms with Gasteiger partial charge in [0, 0.05) is 11.1 Å². The highest BCUT2D eigenvalue weighted by Gasteiger charge is 2.27. The molecule has 1 fully saturated rings. The molecule has 1 aromatic rings. The summed E-state index contributed by atoms with van der Waals surface area (Å²) >= 11 is 6.19. The topological polar surface area (TPSA) is 12.0 Å². The third-order valence-electron chi connectivity index (χ3n) is 4.18. The van der Waals surface area contributed by atoms with Gasteiger partial charge in [0.05, 0.1) is 0 Å². The zero-order valence-corrected chi connectivity index (χ0v) is 12.4. The van der Waals surface area contributed by atoms with Gasteiger partial charge in [0.25, 0.3) is 0 Å². The molecule has 2 rings (SSSR count). The van der Waals surface area contributed by atoms with E-state index in [1.807, 2.05) is 6.07 Å². The van der Waals surface area contributed by atoms with Crippen molar-refractivity contribution in [3.05, 3.63) is 34.3 Å². The molecule has 0 bridgehead atoms. The summed E-state index contributed by atoms with van der Waals surface area (Å²) in [5.41, 5.74) is 2.60. The number of hydrogen-bond acceptors (Lipinski definition) is 1. The predicted octanol–water partition coefficient (Wildman–Crippen LogP) is 4.74. The summed E-state index contributed by atoms with van der Waals surface area (Å²) in [5.74, 6) is 1.61. The number of benzene rings is 1. The SMILES string of the molecule is CNC(c1cc(C)cc(Cl)c1)C1CCCC(C)C1. The molecule has 0 spiro atoms. The summed E-state index contributed by atoms with van der Waals surface area (Å²) in [6.07, 6.45) is 5.42. The van der Waals surface area contributed by atoms with Crippen molar-refractivity contribution in [2.45, 2.75) is 45.6 Å². The Labute approximate surface area is 116 Å². The highest BCUT2D eigenvalue weighted by Crippen LogP contribution is 2.37. The highest BCUT2D eigenvalue weighted by molar-refractivity contribution is 6.30. The molecule has 0 saturated heterocycles. The Bertz CT molecular complexity index is 382. The molecule has 1 saturated carbocycles. The molecule has 1 nitrogen and oxygen atoms in total. The van der Waals surface area contributed by atoms with Gasteiger partial charge >= 0.3 is 0 Å². The third kappa shape index (κ3) is 3.27. The maximum atomic E-state index is 6.19. The van der Waals surface area contributed by atoms with E-state index in [1.165, 1.54) is 36.8 Å². The molecule has 0 aliphatic heterocycles. The lowest BCUT2D eigenvalue weighted by molar-refractivity contribution is 0.230. The van der Waals surface area contributed by atoms with Gasteiger partial charge in [0.15, 0.2) is 0 Å². The lowest BCUT2D eigenvalue weighted by Gasteiger charge is -2.33. The molecule has 3 unspecified atom stereocenters. The first-order valence-electron chi connectivity index (χ1n) is 7.04.